The first kappa shape index (κ1) is 11.6. The van der Waals surface area contributed by atoms with Crippen molar-refractivity contribution in [1.82, 2.24) is 9.78 Å². The highest BCUT2D eigenvalue weighted by molar-refractivity contribution is 5.27. The van der Waals surface area contributed by atoms with Crippen molar-refractivity contribution in [2.45, 2.75) is 13.5 Å². The van der Waals surface area contributed by atoms with Crippen LogP contribution < -0.4 is 5.73 Å². The molecule has 0 saturated heterocycles. The van der Waals surface area contributed by atoms with Gasteiger partial charge in [0.05, 0.1) is 36.6 Å². The Morgan fingerprint density at radius 1 is 1.67 bits per heavy atom. The number of hydrogen-bond donors (Lipinski definition) is 1. The van der Waals surface area contributed by atoms with E-state index >= 15 is 0 Å². The third-order valence-electron chi connectivity index (χ3n) is 1.82. The summed E-state index contributed by atoms with van der Waals surface area (Å²) in [7, 11) is 0. The van der Waals surface area contributed by atoms with Crippen molar-refractivity contribution in [2.24, 2.45) is 5.73 Å². The monoisotopic (exact) mass is 214 g/mol. The molecule has 7 heteroatoms. The predicted molar refractivity (Wildman–Crippen MR) is 53.5 cm³/mol. The van der Waals surface area contributed by atoms with Crippen molar-refractivity contribution >= 4 is 5.82 Å². The summed E-state index contributed by atoms with van der Waals surface area (Å²) in [6, 6.07) is 0. The maximum atomic E-state index is 10.5. The van der Waals surface area contributed by atoms with E-state index < -0.39 is 4.92 Å². The molecule has 84 valence electrons. The van der Waals surface area contributed by atoms with Gasteiger partial charge in [0.2, 0.25) is 0 Å². The summed E-state index contributed by atoms with van der Waals surface area (Å²) < 4.78 is 6.64. The molecule has 0 aliphatic rings. The van der Waals surface area contributed by atoms with Crippen molar-refractivity contribution in [2.75, 3.05) is 19.8 Å². The van der Waals surface area contributed by atoms with Gasteiger partial charge in [0, 0.05) is 6.54 Å². The number of rotatable bonds is 6. The molecule has 0 bridgehead atoms. The lowest BCUT2D eigenvalue weighted by atomic mass is 10.4. The number of aromatic nitrogens is 2. The molecule has 7 nitrogen and oxygen atoms in total. The molecular weight excluding hydrogens is 200 g/mol. The Hall–Kier alpha value is -1.47. The van der Waals surface area contributed by atoms with Crippen molar-refractivity contribution < 1.29 is 9.66 Å². The van der Waals surface area contributed by atoms with Gasteiger partial charge in [-0.15, -0.1) is 0 Å². The molecule has 0 unspecified atom stereocenters. The minimum Gasteiger partial charge on any atom is -0.378 e. The van der Waals surface area contributed by atoms with E-state index in [0.717, 1.165) is 0 Å². The van der Waals surface area contributed by atoms with Crippen LogP contribution in [0.25, 0.3) is 0 Å². The van der Waals surface area contributed by atoms with Crippen molar-refractivity contribution in [3.8, 4) is 0 Å². The van der Waals surface area contributed by atoms with Gasteiger partial charge in [-0.2, -0.15) is 4.68 Å². The second kappa shape index (κ2) is 5.42. The highest BCUT2D eigenvalue weighted by atomic mass is 16.6. The molecule has 0 aromatic carbocycles. The SMILES string of the molecule is Cc1cn(CCOCCN)nc1[N+](=O)[O-]. The predicted octanol–water partition coefficient (Wildman–Crippen LogP) is 0.0750. The smallest absolute Gasteiger partial charge is 0.378 e. The normalized spacial score (nSPS) is 10.5. The van der Waals surface area contributed by atoms with Gasteiger partial charge in [-0.25, -0.2) is 0 Å². The standard InChI is InChI=1S/C8H14N4O3/c1-7-6-11(3-5-15-4-2-9)10-8(7)12(13)14/h6H,2-5,9H2,1H3. The van der Waals surface area contributed by atoms with Crippen molar-refractivity contribution in [3.63, 3.8) is 0 Å². The summed E-state index contributed by atoms with van der Waals surface area (Å²) in [6.45, 7) is 3.56. The molecular formula is C8H14N4O3. The van der Waals surface area contributed by atoms with Crippen LogP contribution >= 0.6 is 0 Å². The van der Waals surface area contributed by atoms with E-state index in [0.29, 0.717) is 31.9 Å². The van der Waals surface area contributed by atoms with Crippen molar-refractivity contribution in [3.05, 3.63) is 21.9 Å². The van der Waals surface area contributed by atoms with Crippen LogP contribution in [0.3, 0.4) is 0 Å². The third kappa shape index (κ3) is 3.30. The second-order valence-electron chi connectivity index (χ2n) is 3.06. The Morgan fingerprint density at radius 2 is 2.40 bits per heavy atom. The maximum Gasteiger partial charge on any atom is 0.392 e. The van der Waals surface area contributed by atoms with Gasteiger partial charge in [0.25, 0.3) is 0 Å². The number of hydrogen-bond acceptors (Lipinski definition) is 5. The molecule has 0 aliphatic carbocycles. The van der Waals surface area contributed by atoms with Gasteiger partial charge >= 0.3 is 5.82 Å². The van der Waals surface area contributed by atoms with E-state index in [2.05, 4.69) is 5.10 Å². The molecule has 1 aromatic rings. The van der Waals surface area contributed by atoms with Gasteiger partial charge in [0.15, 0.2) is 0 Å². The third-order valence-corrected chi connectivity index (χ3v) is 1.82. The topological polar surface area (TPSA) is 96.2 Å². The Bertz CT molecular complexity index is 337. The number of nitrogens with zero attached hydrogens (tertiary/aromatic N) is 3. The van der Waals surface area contributed by atoms with Crippen LogP contribution in [0.1, 0.15) is 5.56 Å². The molecule has 2 N–H and O–H groups in total. The molecule has 15 heavy (non-hydrogen) atoms. The lowest BCUT2D eigenvalue weighted by molar-refractivity contribution is -0.390. The Balaban J connectivity index is 2.48. The molecule has 0 saturated carbocycles. The highest BCUT2D eigenvalue weighted by Gasteiger charge is 2.16. The van der Waals surface area contributed by atoms with E-state index in [1.54, 1.807) is 13.1 Å². The van der Waals surface area contributed by atoms with Gasteiger partial charge < -0.3 is 20.6 Å². The van der Waals surface area contributed by atoms with Crippen LogP contribution in [0.5, 0.6) is 0 Å². The van der Waals surface area contributed by atoms with Crippen LogP contribution in [0.4, 0.5) is 5.82 Å². The highest BCUT2D eigenvalue weighted by Crippen LogP contribution is 2.13. The fourth-order valence-electron chi connectivity index (χ4n) is 1.15. The van der Waals surface area contributed by atoms with Crippen LogP contribution in [0.2, 0.25) is 0 Å². The van der Waals surface area contributed by atoms with E-state index in [-0.39, 0.29) is 5.82 Å². The van der Waals surface area contributed by atoms with Crippen LogP contribution in [0.15, 0.2) is 6.20 Å². The van der Waals surface area contributed by atoms with Crippen LogP contribution in [-0.4, -0.2) is 34.5 Å². The zero-order chi connectivity index (χ0) is 11.3. The Morgan fingerprint density at radius 3 is 2.93 bits per heavy atom. The molecule has 1 heterocycles. The maximum absolute atomic E-state index is 10.5. The largest absolute Gasteiger partial charge is 0.392 e. The summed E-state index contributed by atoms with van der Waals surface area (Å²) in [5.74, 6) is -0.103. The lowest BCUT2D eigenvalue weighted by Gasteiger charge is -1.99. The van der Waals surface area contributed by atoms with Gasteiger partial charge in [-0.05, 0) is 11.8 Å². The van der Waals surface area contributed by atoms with Gasteiger partial charge in [0.1, 0.15) is 0 Å². The molecule has 0 fully saturated rings. The lowest BCUT2D eigenvalue weighted by Crippen LogP contribution is -2.12. The van der Waals surface area contributed by atoms with Crippen molar-refractivity contribution in [1.29, 1.82) is 0 Å². The first-order valence-corrected chi connectivity index (χ1v) is 4.61. The number of ether oxygens (including phenoxy) is 1. The first-order chi connectivity index (χ1) is 7.15. The molecule has 0 atom stereocenters. The van der Waals surface area contributed by atoms with Crippen LogP contribution in [0, 0.1) is 17.0 Å². The Kier molecular flexibility index (Phi) is 4.19. The quantitative estimate of drug-likeness (QED) is 0.411. The van der Waals surface area contributed by atoms with E-state index in [4.69, 9.17) is 10.5 Å². The minimum atomic E-state index is -0.493. The zero-order valence-corrected chi connectivity index (χ0v) is 8.55. The summed E-state index contributed by atoms with van der Waals surface area (Å²) in [4.78, 5) is 10.00. The van der Waals surface area contributed by atoms with E-state index in [1.165, 1.54) is 4.68 Å². The fraction of sp³-hybridized carbons (Fsp3) is 0.625. The van der Waals surface area contributed by atoms with E-state index in [1.807, 2.05) is 0 Å². The van der Waals surface area contributed by atoms with E-state index in [9.17, 15) is 10.1 Å². The zero-order valence-electron chi connectivity index (χ0n) is 8.55. The van der Waals surface area contributed by atoms with Gasteiger partial charge in [-0.1, -0.05) is 0 Å². The number of aryl methyl sites for hydroxylation is 1. The molecule has 1 aromatic heterocycles. The second-order valence-corrected chi connectivity index (χ2v) is 3.06. The first-order valence-electron chi connectivity index (χ1n) is 4.61. The number of nitro groups is 1. The average molecular weight is 214 g/mol. The summed E-state index contributed by atoms with van der Waals surface area (Å²) in [6.07, 6.45) is 1.63. The summed E-state index contributed by atoms with van der Waals surface area (Å²) >= 11 is 0. The fourth-order valence-corrected chi connectivity index (χ4v) is 1.15. The molecule has 0 aliphatic heterocycles. The Labute approximate surface area is 87.0 Å². The average Bonchev–Trinajstić information content (AvgIpc) is 2.55. The molecule has 0 amide bonds. The number of nitrogens with two attached hydrogens (primary N) is 1. The minimum absolute atomic E-state index is 0.103. The molecule has 0 radical (unpaired) electrons. The summed E-state index contributed by atoms with van der Waals surface area (Å²) in [5, 5.41) is 14.3. The van der Waals surface area contributed by atoms with Gasteiger partial charge in [-0.3, -0.25) is 0 Å². The van der Waals surface area contributed by atoms with Crippen LogP contribution in [-0.2, 0) is 11.3 Å². The molecule has 1 rings (SSSR count). The molecule has 0 spiro atoms. The summed E-state index contributed by atoms with van der Waals surface area (Å²) in [5.41, 5.74) is 5.79.